The molecule has 27 heavy (non-hydrogen) atoms. The Morgan fingerprint density at radius 2 is 1.70 bits per heavy atom. The molecule has 3 aromatic rings. The lowest BCUT2D eigenvalue weighted by Crippen LogP contribution is -2.25. The number of aryl methyl sites for hydroxylation is 1. The third-order valence-corrected chi connectivity index (χ3v) is 5.13. The monoisotopic (exact) mass is 361 g/mol. The van der Waals surface area contributed by atoms with Crippen LogP contribution in [-0.4, -0.2) is 13.7 Å². The Morgan fingerprint density at radius 1 is 0.963 bits per heavy atom. The minimum Gasteiger partial charge on any atom is -0.496 e. The second kappa shape index (κ2) is 9.05. The quantitative estimate of drug-likeness (QED) is 0.558. The molecular formula is C25H31NO. The third kappa shape index (κ3) is 4.51. The van der Waals surface area contributed by atoms with Crippen LogP contribution in [0.3, 0.4) is 0 Å². The van der Waals surface area contributed by atoms with Crippen molar-refractivity contribution >= 4 is 10.8 Å². The molecule has 0 heterocycles. The molecule has 2 heteroatoms. The van der Waals surface area contributed by atoms with Gasteiger partial charge in [-0.15, -0.1) is 0 Å². The molecule has 1 N–H and O–H groups in total. The van der Waals surface area contributed by atoms with Crippen LogP contribution in [-0.2, 0) is 0 Å². The molecule has 0 saturated heterocycles. The molecule has 0 bridgehead atoms. The number of fused-ring (bicyclic) bond motifs is 1. The zero-order valence-electron chi connectivity index (χ0n) is 17.0. The lowest BCUT2D eigenvalue weighted by Gasteiger charge is -2.23. The van der Waals surface area contributed by atoms with E-state index in [1.54, 1.807) is 7.11 Å². The second-order valence-corrected chi connectivity index (χ2v) is 7.10. The van der Waals surface area contributed by atoms with Crippen molar-refractivity contribution in [2.45, 2.75) is 39.7 Å². The maximum atomic E-state index is 5.57. The van der Waals surface area contributed by atoms with Crippen LogP contribution in [0.4, 0.5) is 0 Å². The van der Waals surface area contributed by atoms with Crippen LogP contribution in [0.5, 0.6) is 5.75 Å². The summed E-state index contributed by atoms with van der Waals surface area (Å²) in [6.45, 7) is 7.24. The first-order valence-corrected chi connectivity index (χ1v) is 10.1. The van der Waals surface area contributed by atoms with E-state index in [1.165, 1.54) is 40.3 Å². The molecule has 0 aliphatic heterocycles. The highest BCUT2D eigenvalue weighted by atomic mass is 16.5. The van der Waals surface area contributed by atoms with Crippen LogP contribution >= 0.6 is 0 Å². The van der Waals surface area contributed by atoms with Crippen LogP contribution < -0.4 is 10.1 Å². The minimum absolute atomic E-state index is 0.205. The van der Waals surface area contributed by atoms with Crippen LogP contribution in [0.25, 0.3) is 10.8 Å². The molecule has 1 atom stereocenters. The highest BCUT2D eigenvalue weighted by Gasteiger charge is 2.24. The van der Waals surface area contributed by atoms with Crippen molar-refractivity contribution in [2.75, 3.05) is 13.7 Å². The van der Waals surface area contributed by atoms with Crippen molar-refractivity contribution in [2.24, 2.45) is 5.92 Å². The van der Waals surface area contributed by atoms with Gasteiger partial charge in [0, 0.05) is 5.39 Å². The standard InChI is InChI=1S/C23H25NO.C2H6/c1-16-6-5-7-18(14-16)23(24-15-17-10-11-17)21-12-13-22(25-2)20-9-4-3-8-19(20)21;1-2/h3-9,12-14,17,23-24H,10-11,15H2,1-2H3;1-2H3. The molecule has 0 radical (unpaired) electrons. The Morgan fingerprint density at radius 3 is 2.37 bits per heavy atom. The van der Waals surface area contributed by atoms with Gasteiger partial charge in [0.2, 0.25) is 0 Å². The number of methoxy groups -OCH3 is 1. The number of hydrogen-bond acceptors (Lipinski definition) is 2. The van der Waals surface area contributed by atoms with Gasteiger partial charge in [-0.2, -0.15) is 0 Å². The van der Waals surface area contributed by atoms with E-state index in [2.05, 4.69) is 72.9 Å². The number of rotatable bonds is 6. The van der Waals surface area contributed by atoms with Crippen LogP contribution in [0, 0.1) is 12.8 Å². The topological polar surface area (TPSA) is 21.3 Å². The fourth-order valence-corrected chi connectivity index (χ4v) is 3.59. The normalized spacial score (nSPS) is 14.4. The number of ether oxygens (including phenoxy) is 1. The third-order valence-electron chi connectivity index (χ3n) is 5.13. The molecule has 4 rings (SSSR count). The highest BCUT2D eigenvalue weighted by Crippen LogP contribution is 2.35. The number of nitrogens with one attached hydrogen (secondary N) is 1. The molecule has 2 nitrogen and oxygen atoms in total. The Bertz CT molecular complexity index is 882. The van der Waals surface area contributed by atoms with E-state index >= 15 is 0 Å². The summed E-state index contributed by atoms with van der Waals surface area (Å²) in [5.41, 5.74) is 3.95. The van der Waals surface area contributed by atoms with Gasteiger partial charge < -0.3 is 10.1 Å². The first-order chi connectivity index (χ1) is 13.3. The lowest BCUT2D eigenvalue weighted by molar-refractivity contribution is 0.419. The van der Waals surface area contributed by atoms with Crippen LogP contribution in [0.15, 0.2) is 60.7 Å². The van der Waals surface area contributed by atoms with E-state index in [4.69, 9.17) is 4.74 Å². The predicted octanol–water partition coefficient (Wildman–Crippen LogP) is 6.27. The van der Waals surface area contributed by atoms with Crippen molar-refractivity contribution in [3.05, 3.63) is 77.4 Å². The largest absolute Gasteiger partial charge is 0.496 e. The first kappa shape index (κ1) is 19.4. The summed E-state index contributed by atoms with van der Waals surface area (Å²) in [4.78, 5) is 0. The fourth-order valence-electron chi connectivity index (χ4n) is 3.59. The highest BCUT2D eigenvalue weighted by molar-refractivity contribution is 5.91. The molecule has 142 valence electrons. The lowest BCUT2D eigenvalue weighted by atomic mass is 9.92. The summed E-state index contributed by atoms with van der Waals surface area (Å²) in [5, 5.41) is 6.27. The average Bonchev–Trinajstić information content (AvgIpc) is 3.54. The molecule has 3 aromatic carbocycles. The van der Waals surface area contributed by atoms with Crippen molar-refractivity contribution in [1.82, 2.24) is 5.32 Å². The number of benzene rings is 3. The summed E-state index contributed by atoms with van der Waals surface area (Å²) in [7, 11) is 1.74. The first-order valence-electron chi connectivity index (χ1n) is 10.1. The Kier molecular flexibility index (Phi) is 6.52. The molecule has 1 fully saturated rings. The van der Waals surface area contributed by atoms with Crippen molar-refractivity contribution in [3.63, 3.8) is 0 Å². The molecular weight excluding hydrogens is 330 g/mol. The molecule has 0 spiro atoms. The molecule has 1 saturated carbocycles. The van der Waals surface area contributed by atoms with Gasteiger partial charge in [0.15, 0.2) is 0 Å². The van der Waals surface area contributed by atoms with Crippen molar-refractivity contribution in [3.8, 4) is 5.75 Å². The van der Waals surface area contributed by atoms with E-state index in [0.29, 0.717) is 0 Å². The summed E-state index contributed by atoms with van der Waals surface area (Å²) in [5.74, 6) is 1.78. The zero-order valence-corrected chi connectivity index (χ0v) is 17.0. The van der Waals surface area contributed by atoms with Gasteiger partial charge in [-0.3, -0.25) is 0 Å². The van der Waals surface area contributed by atoms with Gasteiger partial charge in [0.05, 0.1) is 13.2 Å². The van der Waals surface area contributed by atoms with Gasteiger partial charge in [-0.1, -0.05) is 74.0 Å². The van der Waals surface area contributed by atoms with E-state index in [-0.39, 0.29) is 6.04 Å². The maximum Gasteiger partial charge on any atom is 0.126 e. The second-order valence-electron chi connectivity index (χ2n) is 7.10. The maximum absolute atomic E-state index is 5.57. The van der Waals surface area contributed by atoms with E-state index in [9.17, 15) is 0 Å². The smallest absolute Gasteiger partial charge is 0.126 e. The summed E-state index contributed by atoms with van der Waals surface area (Å²) >= 11 is 0. The molecule has 1 aliphatic rings. The Hall–Kier alpha value is -2.32. The molecule has 0 amide bonds. The van der Waals surface area contributed by atoms with E-state index in [0.717, 1.165) is 18.2 Å². The van der Waals surface area contributed by atoms with E-state index < -0.39 is 0 Å². The van der Waals surface area contributed by atoms with Crippen molar-refractivity contribution in [1.29, 1.82) is 0 Å². The summed E-state index contributed by atoms with van der Waals surface area (Å²) < 4.78 is 5.57. The average molecular weight is 362 g/mol. The molecule has 0 aromatic heterocycles. The Balaban J connectivity index is 0.00000102. The van der Waals surface area contributed by atoms with E-state index in [1.807, 2.05) is 13.8 Å². The van der Waals surface area contributed by atoms with Gasteiger partial charge in [0.1, 0.15) is 5.75 Å². The predicted molar refractivity (Wildman–Crippen MR) is 116 cm³/mol. The summed E-state index contributed by atoms with van der Waals surface area (Å²) in [6, 6.07) is 21.9. The van der Waals surface area contributed by atoms with Crippen LogP contribution in [0.1, 0.15) is 49.4 Å². The number of hydrogen-bond donors (Lipinski definition) is 1. The minimum atomic E-state index is 0.205. The van der Waals surface area contributed by atoms with Gasteiger partial charge in [-0.05, 0) is 54.8 Å². The molecule has 1 unspecified atom stereocenters. The fraction of sp³-hybridized carbons (Fsp3) is 0.360. The van der Waals surface area contributed by atoms with Gasteiger partial charge in [0.25, 0.3) is 0 Å². The van der Waals surface area contributed by atoms with Gasteiger partial charge >= 0.3 is 0 Å². The van der Waals surface area contributed by atoms with Crippen molar-refractivity contribution < 1.29 is 4.74 Å². The van der Waals surface area contributed by atoms with Gasteiger partial charge in [-0.25, -0.2) is 0 Å². The zero-order chi connectivity index (χ0) is 19.2. The van der Waals surface area contributed by atoms with Crippen LogP contribution in [0.2, 0.25) is 0 Å². The summed E-state index contributed by atoms with van der Waals surface area (Å²) in [6.07, 6.45) is 2.72. The molecule has 1 aliphatic carbocycles. The SMILES string of the molecule is CC.COc1ccc(C(NCC2CC2)c2cccc(C)c2)c2ccccc12. The Labute approximate surface area is 163 Å².